The maximum absolute atomic E-state index is 13.2. The molecule has 7 heteroatoms. The second-order valence-electron chi connectivity index (χ2n) is 8.51. The Bertz CT molecular complexity index is 1220. The minimum atomic E-state index is -0.464. The van der Waals surface area contributed by atoms with Gasteiger partial charge in [-0.25, -0.2) is 0 Å². The third-order valence-electron chi connectivity index (χ3n) is 6.16. The quantitative estimate of drug-likeness (QED) is 0.280. The number of nitrogens with zero attached hydrogens (tertiary/aromatic N) is 3. The lowest BCUT2D eigenvalue weighted by Crippen LogP contribution is -2.44. The van der Waals surface area contributed by atoms with Crippen molar-refractivity contribution in [2.75, 3.05) is 19.6 Å². The maximum Gasteiger partial charge on any atom is 0.269 e. The summed E-state index contributed by atoms with van der Waals surface area (Å²) in [5, 5.41) is 10.8. The first-order valence-electron chi connectivity index (χ1n) is 11.6. The van der Waals surface area contributed by atoms with Gasteiger partial charge >= 0.3 is 0 Å². The zero-order chi connectivity index (χ0) is 24.6. The molecule has 1 aliphatic heterocycles. The summed E-state index contributed by atoms with van der Waals surface area (Å²) >= 11 is 0. The van der Waals surface area contributed by atoms with E-state index in [1.54, 1.807) is 23.1 Å². The van der Waals surface area contributed by atoms with Crippen molar-refractivity contribution in [3.63, 3.8) is 0 Å². The topological polar surface area (TPSA) is 83.8 Å². The lowest BCUT2D eigenvalue weighted by Gasteiger charge is -2.31. The number of nitro groups is 1. The molecule has 0 aliphatic carbocycles. The highest BCUT2D eigenvalue weighted by Gasteiger charge is 2.23. The van der Waals surface area contributed by atoms with Gasteiger partial charge < -0.3 is 9.80 Å². The molecule has 2 amide bonds. The first kappa shape index (κ1) is 23.9. The number of hydrogen-bond donors (Lipinski definition) is 0. The van der Waals surface area contributed by atoms with Crippen molar-refractivity contribution in [3.05, 3.63) is 117 Å². The Morgan fingerprint density at radius 2 is 1.63 bits per heavy atom. The fraction of sp³-hybridized carbons (Fsp3) is 0.214. The first-order valence-corrected chi connectivity index (χ1v) is 11.6. The van der Waals surface area contributed by atoms with Crippen LogP contribution in [-0.4, -0.2) is 46.2 Å². The summed E-state index contributed by atoms with van der Waals surface area (Å²) in [5.74, 6) is -0.352. The van der Waals surface area contributed by atoms with E-state index in [0.29, 0.717) is 31.6 Å². The van der Waals surface area contributed by atoms with E-state index < -0.39 is 4.92 Å². The fourth-order valence-electron chi connectivity index (χ4n) is 4.13. The van der Waals surface area contributed by atoms with Crippen molar-refractivity contribution in [3.8, 4) is 0 Å². The van der Waals surface area contributed by atoms with Gasteiger partial charge in [-0.15, -0.1) is 0 Å². The van der Waals surface area contributed by atoms with Gasteiger partial charge in [-0.3, -0.25) is 19.7 Å². The molecule has 1 aliphatic rings. The van der Waals surface area contributed by atoms with E-state index in [1.165, 1.54) is 23.8 Å². The number of non-ortho nitro benzene ring substituents is 1. The SMILES string of the molecule is O=C(/C=C/c1ccc([N+](=O)[O-])cc1)N(CCc1ccccc1)CC(=O)N1CCc2ccccc2C1. The fourth-order valence-corrected chi connectivity index (χ4v) is 4.13. The van der Waals surface area contributed by atoms with Crippen LogP contribution in [0.3, 0.4) is 0 Å². The molecule has 178 valence electrons. The van der Waals surface area contributed by atoms with Crippen LogP contribution >= 0.6 is 0 Å². The van der Waals surface area contributed by atoms with Gasteiger partial charge in [0.1, 0.15) is 6.54 Å². The summed E-state index contributed by atoms with van der Waals surface area (Å²) in [4.78, 5) is 40.0. The molecule has 3 aromatic carbocycles. The largest absolute Gasteiger partial charge is 0.336 e. The van der Waals surface area contributed by atoms with Gasteiger partial charge in [0.25, 0.3) is 5.69 Å². The molecule has 7 nitrogen and oxygen atoms in total. The predicted octanol–water partition coefficient (Wildman–Crippen LogP) is 4.26. The van der Waals surface area contributed by atoms with Crippen molar-refractivity contribution in [1.82, 2.24) is 9.80 Å². The van der Waals surface area contributed by atoms with Crippen LogP contribution in [-0.2, 0) is 29.0 Å². The molecular formula is C28H27N3O4. The first-order chi connectivity index (χ1) is 17.0. The van der Waals surface area contributed by atoms with Crippen molar-refractivity contribution < 1.29 is 14.5 Å². The second-order valence-corrected chi connectivity index (χ2v) is 8.51. The minimum Gasteiger partial charge on any atom is -0.336 e. The van der Waals surface area contributed by atoms with Gasteiger partial charge in [0.15, 0.2) is 0 Å². The number of rotatable bonds is 8. The van der Waals surface area contributed by atoms with Gasteiger partial charge in [0.05, 0.1) is 4.92 Å². The third-order valence-corrected chi connectivity index (χ3v) is 6.16. The molecule has 0 saturated carbocycles. The number of carbonyl (C=O) groups excluding carboxylic acids is 2. The van der Waals surface area contributed by atoms with Crippen LogP contribution < -0.4 is 0 Å². The number of nitro benzene ring substituents is 1. The van der Waals surface area contributed by atoms with Gasteiger partial charge in [0, 0.05) is 37.8 Å². The van der Waals surface area contributed by atoms with Crippen LogP contribution in [0.2, 0.25) is 0 Å². The normalized spacial score (nSPS) is 12.9. The highest BCUT2D eigenvalue weighted by atomic mass is 16.6. The summed E-state index contributed by atoms with van der Waals surface area (Å²) in [5.41, 5.74) is 4.16. The average Bonchev–Trinajstić information content (AvgIpc) is 2.90. The summed E-state index contributed by atoms with van der Waals surface area (Å²) in [6, 6.07) is 23.9. The predicted molar refractivity (Wildman–Crippen MR) is 134 cm³/mol. The standard InChI is InChI=1S/C28H27N3O4/c32-27(15-12-23-10-13-26(14-11-23)31(34)35)30(18-16-22-6-2-1-3-7-22)21-28(33)29-19-17-24-8-4-5-9-25(24)20-29/h1-15H,16-21H2/b15-12+. The van der Waals surface area contributed by atoms with E-state index >= 15 is 0 Å². The van der Waals surface area contributed by atoms with Gasteiger partial charge in [-0.05, 0) is 53.3 Å². The number of fused-ring (bicyclic) bond motifs is 1. The molecule has 0 unspecified atom stereocenters. The van der Waals surface area contributed by atoms with E-state index in [-0.39, 0.29) is 24.0 Å². The molecule has 0 aromatic heterocycles. The Labute approximate surface area is 204 Å². The number of carbonyl (C=O) groups is 2. The van der Waals surface area contributed by atoms with Crippen molar-refractivity contribution in [2.45, 2.75) is 19.4 Å². The zero-order valence-corrected chi connectivity index (χ0v) is 19.4. The molecule has 3 aromatic rings. The number of benzene rings is 3. The van der Waals surface area contributed by atoms with Crippen molar-refractivity contribution in [2.24, 2.45) is 0 Å². The molecule has 4 rings (SSSR count). The van der Waals surface area contributed by atoms with Crippen molar-refractivity contribution >= 4 is 23.6 Å². The van der Waals surface area contributed by atoms with Crippen LogP contribution in [0.5, 0.6) is 0 Å². The second kappa shape index (κ2) is 11.2. The third kappa shape index (κ3) is 6.41. The van der Waals surface area contributed by atoms with Crippen molar-refractivity contribution in [1.29, 1.82) is 0 Å². The van der Waals surface area contributed by atoms with Crippen LogP contribution in [0, 0.1) is 10.1 Å². The molecule has 0 N–H and O–H groups in total. The average molecular weight is 470 g/mol. The van der Waals surface area contributed by atoms with Gasteiger partial charge in [-0.2, -0.15) is 0 Å². The summed E-state index contributed by atoms with van der Waals surface area (Å²) in [6.07, 6.45) is 4.47. The molecule has 35 heavy (non-hydrogen) atoms. The van der Waals surface area contributed by atoms with Crippen LogP contribution in [0.25, 0.3) is 6.08 Å². The van der Waals surface area contributed by atoms with E-state index in [2.05, 4.69) is 6.07 Å². The Hall–Kier alpha value is -4.26. The summed E-state index contributed by atoms with van der Waals surface area (Å²) in [6.45, 7) is 1.59. The highest BCUT2D eigenvalue weighted by Crippen LogP contribution is 2.19. The molecule has 0 fully saturated rings. The van der Waals surface area contributed by atoms with Crippen LogP contribution in [0.1, 0.15) is 22.3 Å². The van der Waals surface area contributed by atoms with E-state index in [1.807, 2.05) is 53.4 Å². The highest BCUT2D eigenvalue weighted by molar-refractivity contribution is 5.94. The van der Waals surface area contributed by atoms with Crippen LogP contribution in [0.15, 0.2) is 84.9 Å². The summed E-state index contributed by atoms with van der Waals surface area (Å²) in [7, 11) is 0. The van der Waals surface area contributed by atoms with E-state index in [9.17, 15) is 19.7 Å². The van der Waals surface area contributed by atoms with E-state index in [4.69, 9.17) is 0 Å². The molecule has 0 radical (unpaired) electrons. The molecule has 1 heterocycles. The zero-order valence-electron chi connectivity index (χ0n) is 19.4. The monoisotopic (exact) mass is 469 g/mol. The lowest BCUT2D eigenvalue weighted by molar-refractivity contribution is -0.384. The Kier molecular flexibility index (Phi) is 7.67. The smallest absolute Gasteiger partial charge is 0.269 e. The lowest BCUT2D eigenvalue weighted by atomic mass is 10.00. The van der Waals surface area contributed by atoms with Gasteiger partial charge in [-0.1, -0.05) is 54.6 Å². The Balaban J connectivity index is 1.45. The molecule has 0 saturated heterocycles. The Morgan fingerprint density at radius 3 is 2.34 bits per heavy atom. The molecular weight excluding hydrogens is 442 g/mol. The molecule has 0 atom stereocenters. The van der Waals surface area contributed by atoms with Crippen LogP contribution in [0.4, 0.5) is 5.69 Å². The molecule has 0 spiro atoms. The number of amides is 2. The summed E-state index contributed by atoms with van der Waals surface area (Å²) < 4.78 is 0. The molecule has 0 bridgehead atoms. The minimum absolute atomic E-state index is 0.00155. The Morgan fingerprint density at radius 1 is 0.943 bits per heavy atom. The van der Waals surface area contributed by atoms with Gasteiger partial charge in [0.2, 0.25) is 11.8 Å². The number of hydrogen-bond acceptors (Lipinski definition) is 4. The van der Waals surface area contributed by atoms with E-state index in [0.717, 1.165) is 17.5 Å². The maximum atomic E-state index is 13.2.